The van der Waals surface area contributed by atoms with E-state index in [1.165, 1.54) is 42.0 Å². The largest absolute Gasteiger partial charge is 0.491 e. The van der Waals surface area contributed by atoms with Crippen molar-refractivity contribution >= 4 is 17.2 Å². The first-order valence-electron chi connectivity index (χ1n) is 8.76. The molecule has 1 aromatic carbocycles. The lowest BCUT2D eigenvalue weighted by atomic mass is 10.1. The summed E-state index contributed by atoms with van der Waals surface area (Å²) < 4.78 is 48.0. The number of rotatable bonds is 4. The number of aryl methyl sites for hydroxylation is 1. The number of pyridine rings is 2. The van der Waals surface area contributed by atoms with E-state index in [4.69, 9.17) is 0 Å². The number of fused-ring (bicyclic) bond motifs is 1. The zero-order valence-electron chi connectivity index (χ0n) is 15.9. The van der Waals surface area contributed by atoms with Crippen molar-refractivity contribution < 1.29 is 17.9 Å². The fraction of sp³-hybridized carbons (Fsp3) is 0.0952. The monoisotopic (exact) mass is 409 g/mol. The molecule has 150 valence electrons. The normalized spacial score (nSPS) is 10.8. The van der Waals surface area contributed by atoms with Gasteiger partial charge in [-0.1, -0.05) is 0 Å². The molecule has 0 atom stereocenters. The number of halogens is 3. The fourth-order valence-electron chi connectivity index (χ4n) is 3.20. The van der Waals surface area contributed by atoms with E-state index in [-0.39, 0.29) is 17.1 Å². The van der Waals surface area contributed by atoms with Crippen LogP contribution in [0.4, 0.5) is 24.7 Å². The molecule has 3 aromatic heterocycles. The second-order valence-corrected chi connectivity index (χ2v) is 6.46. The van der Waals surface area contributed by atoms with Crippen LogP contribution in [0.25, 0.3) is 17.0 Å². The molecular formula is C21H14F3N5O. The molecule has 30 heavy (non-hydrogen) atoms. The topological polar surface area (TPSA) is 75.2 Å². The Hall–Kier alpha value is -4.06. The zero-order valence-corrected chi connectivity index (χ0v) is 15.9. The number of benzene rings is 1. The molecule has 6 nitrogen and oxygen atoms in total. The van der Waals surface area contributed by atoms with Gasteiger partial charge in [0, 0.05) is 24.0 Å². The highest BCUT2D eigenvalue weighted by molar-refractivity contribution is 5.69. The first kappa shape index (κ1) is 19.3. The third kappa shape index (κ3) is 3.39. The second kappa shape index (κ2) is 7.40. The van der Waals surface area contributed by atoms with Gasteiger partial charge >= 0.3 is 0 Å². The minimum atomic E-state index is -0.884. The van der Waals surface area contributed by atoms with Crippen LogP contribution in [0.5, 0.6) is 5.75 Å². The molecule has 0 fully saturated rings. The number of methoxy groups -OCH3 is 1. The van der Waals surface area contributed by atoms with Gasteiger partial charge in [0.15, 0.2) is 17.4 Å². The summed E-state index contributed by atoms with van der Waals surface area (Å²) in [5.41, 5.74) is 2.28. The average Bonchev–Trinajstić information content (AvgIpc) is 3.02. The molecule has 3 heterocycles. The third-order valence-electron chi connectivity index (χ3n) is 4.43. The lowest BCUT2D eigenvalue weighted by molar-refractivity contribution is 0.360. The number of hydrogen-bond donors (Lipinski definition) is 1. The van der Waals surface area contributed by atoms with E-state index in [1.807, 2.05) is 6.07 Å². The number of nitrogens with one attached hydrogen (secondary N) is 1. The summed E-state index contributed by atoms with van der Waals surface area (Å²) >= 11 is 0. The van der Waals surface area contributed by atoms with Crippen molar-refractivity contribution in [1.29, 1.82) is 5.26 Å². The Labute approximate surface area is 169 Å². The Kier molecular flexibility index (Phi) is 4.75. The zero-order chi connectivity index (χ0) is 21.4. The van der Waals surface area contributed by atoms with E-state index in [2.05, 4.69) is 20.0 Å². The Morgan fingerprint density at radius 2 is 1.80 bits per heavy atom. The van der Waals surface area contributed by atoms with Gasteiger partial charge in [-0.25, -0.2) is 23.1 Å². The Bertz CT molecular complexity index is 1300. The highest BCUT2D eigenvalue weighted by Crippen LogP contribution is 2.29. The number of imidazole rings is 1. The highest BCUT2D eigenvalue weighted by Gasteiger charge is 2.16. The van der Waals surface area contributed by atoms with Gasteiger partial charge in [-0.3, -0.25) is 4.40 Å². The maximum Gasteiger partial charge on any atom is 0.190 e. The molecule has 0 saturated carbocycles. The summed E-state index contributed by atoms with van der Waals surface area (Å²) in [5.74, 6) is -2.54. The molecule has 0 aliphatic heterocycles. The van der Waals surface area contributed by atoms with E-state index < -0.39 is 23.2 Å². The smallest absolute Gasteiger partial charge is 0.190 e. The van der Waals surface area contributed by atoms with Crippen LogP contribution in [0.15, 0.2) is 42.6 Å². The molecule has 0 aliphatic carbocycles. The van der Waals surface area contributed by atoms with Crippen molar-refractivity contribution in [1.82, 2.24) is 14.4 Å². The molecule has 0 bridgehead atoms. The number of ether oxygens (including phenoxy) is 1. The van der Waals surface area contributed by atoms with Gasteiger partial charge in [-0.05, 0) is 31.2 Å². The SMILES string of the molecule is COc1c(F)cc(Nc2cc(C#N)cc(-c3c(C)nc4ccc(F)cn34)n2)cc1F. The maximum atomic E-state index is 14.0. The van der Waals surface area contributed by atoms with Crippen LogP contribution in [0.3, 0.4) is 0 Å². The Morgan fingerprint density at radius 3 is 2.47 bits per heavy atom. The van der Waals surface area contributed by atoms with Gasteiger partial charge < -0.3 is 10.1 Å². The minimum Gasteiger partial charge on any atom is -0.491 e. The summed E-state index contributed by atoms with van der Waals surface area (Å²) in [6.45, 7) is 1.74. The molecule has 0 aliphatic rings. The van der Waals surface area contributed by atoms with Crippen molar-refractivity contribution in [3.63, 3.8) is 0 Å². The van der Waals surface area contributed by atoms with Crippen molar-refractivity contribution in [2.45, 2.75) is 6.92 Å². The van der Waals surface area contributed by atoms with Crippen LogP contribution in [0.1, 0.15) is 11.3 Å². The predicted octanol–water partition coefficient (Wildman–Crippen LogP) is 4.75. The molecule has 0 unspecified atom stereocenters. The maximum absolute atomic E-state index is 14.0. The van der Waals surface area contributed by atoms with Crippen molar-refractivity contribution in [3.8, 4) is 23.2 Å². The molecule has 0 spiro atoms. The molecular weight excluding hydrogens is 395 g/mol. The molecule has 9 heteroatoms. The molecule has 0 saturated heterocycles. The van der Waals surface area contributed by atoms with Crippen LogP contribution in [-0.4, -0.2) is 21.5 Å². The van der Waals surface area contributed by atoms with Crippen molar-refractivity contribution in [2.24, 2.45) is 0 Å². The lowest BCUT2D eigenvalue weighted by Crippen LogP contribution is -2.01. The predicted molar refractivity (Wildman–Crippen MR) is 104 cm³/mol. The Morgan fingerprint density at radius 1 is 1.07 bits per heavy atom. The van der Waals surface area contributed by atoms with Gasteiger partial charge in [0.05, 0.1) is 35.8 Å². The average molecular weight is 409 g/mol. The van der Waals surface area contributed by atoms with Crippen molar-refractivity contribution in [3.05, 3.63) is 71.3 Å². The van der Waals surface area contributed by atoms with Gasteiger partial charge in [0.1, 0.15) is 17.3 Å². The van der Waals surface area contributed by atoms with E-state index in [0.29, 0.717) is 22.7 Å². The molecule has 4 rings (SSSR count). The first-order chi connectivity index (χ1) is 14.4. The van der Waals surface area contributed by atoms with Gasteiger partial charge in [-0.2, -0.15) is 5.26 Å². The summed E-state index contributed by atoms with van der Waals surface area (Å²) in [4.78, 5) is 8.82. The molecule has 0 amide bonds. The highest BCUT2D eigenvalue weighted by atomic mass is 19.1. The number of hydrogen-bond acceptors (Lipinski definition) is 5. The summed E-state index contributed by atoms with van der Waals surface area (Å²) in [6, 6.07) is 9.92. The summed E-state index contributed by atoms with van der Waals surface area (Å²) in [6.07, 6.45) is 1.27. The number of nitrogens with zero attached hydrogens (tertiary/aromatic N) is 4. The Balaban J connectivity index is 1.82. The minimum absolute atomic E-state index is 0.0836. The first-order valence-corrected chi connectivity index (χ1v) is 8.76. The second-order valence-electron chi connectivity index (χ2n) is 6.46. The summed E-state index contributed by atoms with van der Waals surface area (Å²) in [7, 11) is 1.17. The molecule has 0 radical (unpaired) electrons. The number of anilines is 2. The fourth-order valence-corrected chi connectivity index (χ4v) is 3.20. The quantitative estimate of drug-likeness (QED) is 0.527. The van der Waals surface area contributed by atoms with Crippen molar-refractivity contribution in [2.75, 3.05) is 12.4 Å². The van der Waals surface area contributed by atoms with E-state index in [0.717, 1.165) is 12.1 Å². The van der Waals surface area contributed by atoms with Crippen LogP contribution >= 0.6 is 0 Å². The summed E-state index contributed by atoms with van der Waals surface area (Å²) in [5, 5.41) is 12.2. The number of nitriles is 1. The van der Waals surface area contributed by atoms with E-state index >= 15 is 0 Å². The third-order valence-corrected chi connectivity index (χ3v) is 4.43. The van der Waals surface area contributed by atoms with Crippen LogP contribution in [0, 0.1) is 35.7 Å². The van der Waals surface area contributed by atoms with Crippen LogP contribution in [-0.2, 0) is 0 Å². The lowest BCUT2D eigenvalue weighted by Gasteiger charge is -2.11. The molecule has 4 aromatic rings. The van der Waals surface area contributed by atoms with Gasteiger partial charge in [0.25, 0.3) is 0 Å². The molecule has 1 N–H and O–H groups in total. The van der Waals surface area contributed by atoms with Gasteiger partial charge in [0.2, 0.25) is 0 Å². The van der Waals surface area contributed by atoms with Crippen LogP contribution < -0.4 is 10.1 Å². The van der Waals surface area contributed by atoms with E-state index in [1.54, 1.807) is 6.92 Å². The number of aromatic nitrogens is 3. The van der Waals surface area contributed by atoms with E-state index in [9.17, 15) is 18.4 Å². The standard InChI is InChI=1S/C21H14F3N5O/c1-11-20(29-10-13(22)3-4-19(29)26-11)17-5-12(9-25)6-18(28-17)27-14-7-15(23)21(30-2)16(24)8-14/h3-8,10H,1-2H3,(H,27,28). The van der Waals surface area contributed by atoms with Gasteiger partial charge in [-0.15, -0.1) is 0 Å². The van der Waals surface area contributed by atoms with Crippen LogP contribution in [0.2, 0.25) is 0 Å².